The van der Waals surface area contributed by atoms with Crippen LogP contribution in [0.2, 0.25) is 0 Å². The molecule has 4 rings (SSSR count). The van der Waals surface area contributed by atoms with Crippen molar-refractivity contribution in [1.82, 2.24) is 19.7 Å². The molecule has 1 fully saturated rings. The number of aromatic nitrogens is 3. The van der Waals surface area contributed by atoms with Crippen molar-refractivity contribution in [3.05, 3.63) is 58.3 Å². The molecular weight excluding hydrogens is 376 g/mol. The number of benzene rings is 1. The van der Waals surface area contributed by atoms with Gasteiger partial charge in [-0.3, -0.25) is 9.59 Å². The molecular formula is C24H30N4O2. The van der Waals surface area contributed by atoms with Crippen LogP contribution in [0.4, 0.5) is 0 Å². The molecule has 1 saturated carbocycles. The van der Waals surface area contributed by atoms with E-state index >= 15 is 0 Å². The highest BCUT2D eigenvalue weighted by Gasteiger charge is 2.18. The summed E-state index contributed by atoms with van der Waals surface area (Å²) in [6.07, 6.45) is 8.96. The van der Waals surface area contributed by atoms with Crippen LogP contribution in [-0.2, 0) is 11.3 Å². The summed E-state index contributed by atoms with van der Waals surface area (Å²) in [5.41, 5.74) is 2.62. The minimum absolute atomic E-state index is 0.104. The average molecular weight is 407 g/mol. The minimum Gasteiger partial charge on any atom is -0.353 e. The Morgan fingerprint density at radius 1 is 1.10 bits per heavy atom. The Bertz CT molecular complexity index is 1090. The van der Waals surface area contributed by atoms with Crippen LogP contribution in [0, 0.1) is 13.8 Å². The van der Waals surface area contributed by atoms with Gasteiger partial charge in [0.05, 0.1) is 17.3 Å². The number of hydrogen-bond acceptors (Lipinski definition) is 3. The van der Waals surface area contributed by atoms with Gasteiger partial charge in [0.1, 0.15) is 0 Å². The maximum absolute atomic E-state index is 13.1. The van der Waals surface area contributed by atoms with Gasteiger partial charge in [-0.15, -0.1) is 0 Å². The molecule has 6 nitrogen and oxygen atoms in total. The highest BCUT2D eigenvalue weighted by Crippen LogP contribution is 2.23. The van der Waals surface area contributed by atoms with Crippen LogP contribution in [-0.4, -0.2) is 26.3 Å². The monoisotopic (exact) mass is 406 g/mol. The van der Waals surface area contributed by atoms with Gasteiger partial charge in [-0.2, -0.15) is 9.78 Å². The third-order valence-corrected chi connectivity index (χ3v) is 6.30. The summed E-state index contributed by atoms with van der Waals surface area (Å²) in [5.74, 6) is 0.141. The summed E-state index contributed by atoms with van der Waals surface area (Å²) in [4.78, 5) is 25.5. The number of nitrogens with zero attached hydrogens (tertiary/aromatic N) is 3. The molecule has 158 valence electrons. The molecule has 1 aromatic carbocycles. The summed E-state index contributed by atoms with van der Waals surface area (Å²) in [7, 11) is 0. The summed E-state index contributed by atoms with van der Waals surface area (Å²) < 4.78 is 3.60. The number of nitrogens with one attached hydrogen (secondary N) is 1. The fourth-order valence-electron chi connectivity index (χ4n) is 4.64. The second-order valence-corrected chi connectivity index (χ2v) is 8.31. The number of hydrogen-bond donors (Lipinski definition) is 1. The molecule has 0 atom stereocenters. The van der Waals surface area contributed by atoms with Gasteiger partial charge in [0.2, 0.25) is 5.91 Å². The normalized spacial score (nSPS) is 14.9. The molecule has 1 aliphatic carbocycles. The SMILES string of the molecule is Cc1c2cnn(-c3ccccc3)c(=O)c2c(C)n1CCCC(=O)NC1CCCCC1. The smallest absolute Gasteiger partial charge is 0.281 e. The van der Waals surface area contributed by atoms with Gasteiger partial charge in [0.25, 0.3) is 5.56 Å². The first-order chi connectivity index (χ1) is 14.6. The summed E-state index contributed by atoms with van der Waals surface area (Å²) in [5, 5.41) is 9.17. The quantitative estimate of drug-likeness (QED) is 0.672. The molecule has 0 aliphatic heterocycles. The van der Waals surface area contributed by atoms with Crippen molar-refractivity contribution in [2.75, 3.05) is 0 Å². The number of amides is 1. The molecule has 1 N–H and O–H groups in total. The highest BCUT2D eigenvalue weighted by molar-refractivity contribution is 5.87. The first-order valence-electron chi connectivity index (χ1n) is 11.0. The van der Waals surface area contributed by atoms with E-state index in [0.717, 1.165) is 48.3 Å². The van der Waals surface area contributed by atoms with E-state index in [9.17, 15) is 9.59 Å². The second kappa shape index (κ2) is 8.86. The summed E-state index contributed by atoms with van der Waals surface area (Å²) >= 11 is 0. The topological polar surface area (TPSA) is 68.9 Å². The Labute approximate surface area is 176 Å². The molecule has 0 radical (unpaired) electrons. The van der Waals surface area contributed by atoms with Gasteiger partial charge in [-0.25, -0.2) is 0 Å². The number of carbonyl (C=O) groups is 1. The lowest BCUT2D eigenvalue weighted by molar-refractivity contribution is -0.122. The minimum atomic E-state index is -0.104. The number of rotatable bonds is 6. The lowest BCUT2D eigenvalue weighted by Crippen LogP contribution is -2.36. The van der Waals surface area contributed by atoms with E-state index in [1.807, 2.05) is 44.2 Å². The maximum Gasteiger partial charge on any atom is 0.281 e. The number of fused-ring (bicyclic) bond motifs is 1. The molecule has 2 aromatic heterocycles. The predicted molar refractivity (Wildman–Crippen MR) is 119 cm³/mol. The Balaban J connectivity index is 1.50. The van der Waals surface area contributed by atoms with Gasteiger partial charge in [0, 0.05) is 35.8 Å². The molecule has 0 saturated heterocycles. The van der Waals surface area contributed by atoms with Crippen molar-refractivity contribution >= 4 is 16.7 Å². The van der Waals surface area contributed by atoms with E-state index in [4.69, 9.17) is 0 Å². The molecule has 0 bridgehead atoms. The van der Waals surface area contributed by atoms with Crippen molar-refractivity contribution in [2.45, 2.75) is 71.4 Å². The first-order valence-corrected chi connectivity index (χ1v) is 11.0. The molecule has 1 aliphatic rings. The zero-order chi connectivity index (χ0) is 21.1. The summed E-state index contributed by atoms with van der Waals surface area (Å²) in [6.45, 7) is 4.72. The lowest BCUT2D eigenvalue weighted by atomic mass is 9.95. The van der Waals surface area contributed by atoms with Crippen LogP contribution in [0.25, 0.3) is 16.5 Å². The fourth-order valence-corrected chi connectivity index (χ4v) is 4.64. The summed E-state index contributed by atoms with van der Waals surface area (Å²) in [6, 6.07) is 9.83. The third-order valence-electron chi connectivity index (χ3n) is 6.30. The molecule has 2 heterocycles. The van der Waals surface area contributed by atoms with Crippen molar-refractivity contribution in [3.63, 3.8) is 0 Å². The van der Waals surface area contributed by atoms with E-state index in [1.54, 1.807) is 6.20 Å². The van der Waals surface area contributed by atoms with Gasteiger partial charge < -0.3 is 9.88 Å². The van der Waals surface area contributed by atoms with Gasteiger partial charge >= 0.3 is 0 Å². The molecule has 0 unspecified atom stereocenters. The van der Waals surface area contributed by atoms with E-state index < -0.39 is 0 Å². The van der Waals surface area contributed by atoms with Gasteiger partial charge in [0.15, 0.2) is 0 Å². The molecule has 30 heavy (non-hydrogen) atoms. The number of carbonyl (C=O) groups excluding carboxylic acids is 1. The van der Waals surface area contributed by atoms with E-state index in [1.165, 1.54) is 23.9 Å². The van der Waals surface area contributed by atoms with Gasteiger partial charge in [-0.1, -0.05) is 37.5 Å². The largest absolute Gasteiger partial charge is 0.353 e. The van der Waals surface area contributed by atoms with Crippen LogP contribution in [0.15, 0.2) is 41.3 Å². The van der Waals surface area contributed by atoms with Crippen molar-refractivity contribution in [2.24, 2.45) is 0 Å². The van der Waals surface area contributed by atoms with Crippen LogP contribution >= 0.6 is 0 Å². The van der Waals surface area contributed by atoms with Crippen LogP contribution in [0.5, 0.6) is 0 Å². The van der Waals surface area contributed by atoms with Crippen LogP contribution < -0.4 is 10.9 Å². The lowest BCUT2D eigenvalue weighted by Gasteiger charge is -2.22. The maximum atomic E-state index is 13.1. The van der Waals surface area contributed by atoms with E-state index in [2.05, 4.69) is 15.0 Å². The zero-order valence-corrected chi connectivity index (χ0v) is 17.9. The number of aryl methyl sites for hydroxylation is 2. The van der Waals surface area contributed by atoms with E-state index in [-0.39, 0.29) is 11.5 Å². The second-order valence-electron chi connectivity index (χ2n) is 8.31. The standard InChI is InChI=1S/C24H30N4O2/c1-17-21-16-25-28(20-12-7-4-8-13-20)24(30)23(21)18(2)27(17)15-9-14-22(29)26-19-10-5-3-6-11-19/h4,7-8,12-13,16,19H,3,5-6,9-11,14-15H2,1-2H3,(H,26,29). The Kier molecular flexibility index (Phi) is 6.02. The van der Waals surface area contributed by atoms with Crippen LogP contribution in [0.3, 0.4) is 0 Å². The fraction of sp³-hybridized carbons (Fsp3) is 0.458. The molecule has 0 spiro atoms. The predicted octanol–water partition coefficient (Wildman–Crippen LogP) is 4.03. The zero-order valence-electron chi connectivity index (χ0n) is 17.9. The Morgan fingerprint density at radius 3 is 2.57 bits per heavy atom. The van der Waals surface area contributed by atoms with E-state index in [0.29, 0.717) is 17.8 Å². The Hall–Kier alpha value is -2.89. The molecule has 1 amide bonds. The highest BCUT2D eigenvalue weighted by atomic mass is 16.1. The van der Waals surface area contributed by atoms with Crippen LogP contribution in [0.1, 0.15) is 56.3 Å². The molecule has 3 aromatic rings. The van der Waals surface area contributed by atoms with Crippen molar-refractivity contribution < 1.29 is 4.79 Å². The average Bonchev–Trinajstić information content (AvgIpc) is 3.00. The van der Waals surface area contributed by atoms with Gasteiger partial charge in [-0.05, 0) is 45.2 Å². The van der Waals surface area contributed by atoms with Crippen molar-refractivity contribution in [1.29, 1.82) is 0 Å². The first kappa shape index (κ1) is 20.4. The number of para-hydroxylation sites is 1. The molecule has 6 heteroatoms. The van der Waals surface area contributed by atoms with Crippen molar-refractivity contribution in [3.8, 4) is 5.69 Å². The Morgan fingerprint density at radius 2 is 1.83 bits per heavy atom. The third kappa shape index (κ3) is 4.04.